The number of rotatable bonds is 8. The summed E-state index contributed by atoms with van der Waals surface area (Å²) in [4.78, 5) is 46.5. The summed E-state index contributed by atoms with van der Waals surface area (Å²) in [5, 5.41) is 12.4. The first-order valence-corrected chi connectivity index (χ1v) is 15.2. The summed E-state index contributed by atoms with van der Waals surface area (Å²) in [7, 11) is 1.64. The van der Waals surface area contributed by atoms with Crippen molar-refractivity contribution in [1.29, 1.82) is 0 Å². The van der Waals surface area contributed by atoms with Gasteiger partial charge in [0.05, 0.1) is 19.8 Å². The predicted octanol–water partition coefficient (Wildman–Crippen LogP) is 3.66. The first-order chi connectivity index (χ1) is 20.6. The van der Waals surface area contributed by atoms with Crippen LogP contribution in [0.4, 0.5) is 10.5 Å². The largest absolute Gasteiger partial charge is 0.465 e. The van der Waals surface area contributed by atoms with E-state index in [-0.39, 0.29) is 30.1 Å². The Kier molecular flexibility index (Phi) is 10.9. The standard InChI is InChI=1S/C33H45N5O5/c1-6-38(27-11-9-26(10-12-27)36(5)33(41)42)30-20-25(8-7-13-37-14-16-43-17-15-37)19-28(24(30)4)31(39)34-21-29-22(2)18-23(3)35-32(29)40/h18-20,26-27H,6,9-17,21H2,1-5H3,(H,34,39)(H,35,40)(H,41,42)/t26-,27-. The summed E-state index contributed by atoms with van der Waals surface area (Å²) < 4.78 is 5.45. The maximum absolute atomic E-state index is 13.6. The van der Waals surface area contributed by atoms with Gasteiger partial charge in [0.1, 0.15) is 0 Å². The minimum atomic E-state index is -0.895. The Hall–Kier alpha value is -3.81. The molecule has 0 radical (unpaired) electrons. The number of aromatic amines is 1. The van der Waals surface area contributed by atoms with Gasteiger partial charge in [-0.1, -0.05) is 11.8 Å². The first-order valence-electron chi connectivity index (χ1n) is 15.2. The highest BCUT2D eigenvalue weighted by Gasteiger charge is 2.30. The summed E-state index contributed by atoms with van der Waals surface area (Å²) in [5.74, 6) is 6.34. The van der Waals surface area contributed by atoms with Gasteiger partial charge in [-0.05, 0) is 82.7 Å². The summed E-state index contributed by atoms with van der Waals surface area (Å²) >= 11 is 0. The van der Waals surface area contributed by atoms with Crippen molar-refractivity contribution in [3.8, 4) is 11.8 Å². The number of morpholine rings is 1. The lowest BCUT2D eigenvalue weighted by molar-refractivity contribution is 0.0443. The number of benzene rings is 1. The van der Waals surface area contributed by atoms with Crippen molar-refractivity contribution in [3.63, 3.8) is 0 Å². The zero-order valence-electron chi connectivity index (χ0n) is 26.1. The van der Waals surface area contributed by atoms with E-state index in [1.165, 1.54) is 4.90 Å². The molecule has 1 aromatic heterocycles. The smallest absolute Gasteiger partial charge is 0.407 e. The van der Waals surface area contributed by atoms with Crippen LogP contribution in [0.2, 0.25) is 0 Å². The number of ether oxygens (including phenoxy) is 1. The van der Waals surface area contributed by atoms with Gasteiger partial charge in [-0.3, -0.25) is 14.5 Å². The van der Waals surface area contributed by atoms with Gasteiger partial charge in [0.2, 0.25) is 0 Å². The second-order valence-corrected chi connectivity index (χ2v) is 11.6. The molecule has 2 aromatic rings. The highest BCUT2D eigenvalue weighted by atomic mass is 16.5. The number of aryl methyl sites for hydroxylation is 2. The van der Waals surface area contributed by atoms with Crippen molar-refractivity contribution < 1.29 is 19.4 Å². The van der Waals surface area contributed by atoms with Crippen LogP contribution in [0.1, 0.15) is 70.9 Å². The van der Waals surface area contributed by atoms with Crippen molar-refractivity contribution >= 4 is 17.7 Å². The Morgan fingerprint density at radius 1 is 1.09 bits per heavy atom. The summed E-state index contributed by atoms with van der Waals surface area (Å²) in [5.41, 5.74) is 5.08. The van der Waals surface area contributed by atoms with Crippen molar-refractivity contribution in [3.05, 3.63) is 62.1 Å². The highest BCUT2D eigenvalue weighted by Crippen LogP contribution is 2.33. The maximum atomic E-state index is 13.6. The molecular weight excluding hydrogens is 546 g/mol. The number of amides is 2. The Morgan fingerprint density at radius 3 is 2.40 bits per heavy atom. The van der Waals surface area contributed by atoms with E-state index >= 15 is 0 Å². The van der Waals surface area contributed by atoms with Gasteiger partial charge in [0.15, 0.2) is 0 Å². The van der Waals surface area contributed by atoms with Crippen LogP contribution in [-0.2, 0) is 11.3 Å². The van der Waals surface area contributed by atoms with Crippen molar-refractivity contribution in [2.75, 3.05) is 51.3 Å². The van der Waals surface area contributed by atoms with Gasteiger partial charge in [-0.15, -0.1) is 0 Å². The molecule has 1 saturated heterocycles. The average molecular weight is 592 g/mol. The Bertz CT molecular complexity index is 1430. The highest BCUT2D eigenvalue weighted by molar-refractivity contribution is 5.97. The predicted molar refractivity (Wildman–Crippen MR) is 168 cm³/mol. The second-order valence-electron chi connectivity index (χ2n) is 11.6. The Morgan fingerprint density at radius 2 is 1.77 bits per heavy atom. The molecule has 10 heteroatoms. The van der Waals surface area contributed by atoms with Crippen LogP contribution >= 0.6 is 0 Å². The molecule has 4 rings (SSSR count). The number of pyridine rings is 1. The third-order valence-electron chi connectivity index (χ3n) is 8.79. The number of hydrogen-bond acceptors (Lipinski definition) is 6. The minimum Gasteiger partial charge on any atom is -0.465 e. The van der Waals surface area contributed by atoms with Gasteiger partial charge in [-0.2, -0.15) is 0 Å². The van der Waals surface area contributed by atoms with E-state index in [4.69, 9.17) is 4.74 Å². The molecule has 1 aliphatic carbocycles. The quantitative estimate of drug-likeness (QED) is 0.401. The number of hydrogen-bond donors (Lipinski definition) is 3. The SMILES string of the molecule is CCN(c1cc(C#CCN2CCOCC2)cc(C(=O)NCc2c(C)cc(C)[nH]c2=O)c1C)[C@H]1CC[C@H](N(C)C(=O)O)CC1. The zero-order chi connectivity index (χ0) is 31.1. The van der Waals surface area contributed by atoms with Crippen molar-refractivity contribution in [2.45, 2.75) is 72.0 Å². The number of aromatic nitrogens is 1. The topological polar surface area (TPSA) is 118 Å². The van der Waals surface area contributed by atoms with Crippen LogP contribution in [0.3, 0.4) is 0 Å². The molecule has 232 valence electrons. The van der Waals surface area contributed by atoms with Crippen LogP contribution in [0.15, 0.2) is 23.0 Å². The molecule has 0 spiro atoms. The second kappa shape index (κ2) is 14.6. The van der Waals surface area contributed by atoms with E-state index in [2.05, 4.69) is 44.9 Å². The van der Waals surface area contributed by atoms with E-state index < -0.39 is 6.09 Å². The molecule has 2 aliphatic rings. The van der Waals surface area contributed by atoms with E-state index in [0.29, 0.717) is 30.9 Å². The number of nitrogens with one attached hydrogen (secondary N) is 2. The van der Waals surface area contributed by atoms with E-state index in [9.17, 15) is 19.5 Å². The number of nitrogens with zero attached hydrogens (tertiary/aromatic N) is 3. The van der Waals surface area contributed by atoms with E-state index in [0.717, 1.165) is 73.4 Å². The fraction of sp³-hybridized carbons (Fsp3) is 0.545. The Labute approximate surface area is 254 Å². The molecule has 0 unspecified atom stereocenters. The van der Waals surface area contributed by atoms with Crippen molar-refractivity contribution in [2.24, 2.45) is 0 Å². The fourth-order valence-electron chi connectivity index (χ4n) is 6.22. The molecule has 1 aliphatic heterocycles. The number of carbonyl (C=O) groups excluding carboxylic acids is 1. The molecule has 3 N–H and O–H groups in total. The molecule has 0 bridgehead atoms. The number of H-pyrrole nitrogens is 1. The molecule has 10 nitrogen and oxygen atoms in total. The van der Waals surface area contributed by atoms with E-state index in [1.54, 1.807) is 7.05 Å². The molecule has 1 saturated carbocycles. The molecular formula is C33H45N5O5. The van der Waals surface area contributed by atoms with Gasteiger partial charge >= 0.3 is 6.09 Å². The lowest BCUT2D eigenvalue weighted by Crippen LogP contribution is -2.44. The lowest BCUT2D eigenvalue weighted by atomic mass is 9.88. The molecule has 0 atom stereocenters. The number of anilines is 1. The number of carboxylic acid groups (broad SMARTS) is 1. The van der Waals surface area contributed by atoms with Crippen LogP contribution in [0, 0.1) is 32.6 Å². The van der Waals surface area contributed by atoms with Crippen LogP contribution in [-0.4, -0.2) is 90.4 Å². The van der Waals surface area contributed by atoms with E-state index in [1.807, 2.05) is 32.9 Å². The molecule has 2 amide bonds. The van der Waals surface area contributed by atoms with Gasteiger partial charge < -0.3 is 29.9 Å². The molecule has 2 heterocycles. The normalized spacial score (nSPS) is 18.8. The monoisotopic (exact) mass is 591 g/mol. The van der Waals surface area contributed by atoms with Crippen LogP contribution in [0.5, 0.6) is 0 Å². The first kappa shape index (κ1) is 32.1. The molecule has 2 fully saturated rings. The average Bonchev–Trinajstić information content (AvgIpc) is 2.98. The van der Waals surface area contributed by atoms with Crippen LogP contribution in [0.25, 0.3) is 0 Å². The Balaban J connectivity index is 1.61. The maximum Gasteiger partial charge on any atom is 0.407 e. The van der Waals surface area contributed by atoms with Gasteiger partial charge in [0, 0.05) is 73.4 Å². The fourth-order valence-corrected chi connectivity index (χ4v) is 6.22. The van der Waals surface area contributed by atoms with Gasteiger partial charge in [0.25, 0.3) is 11.5 Å². The van der Waals surface area contributed by atoms with Gasteiger partial charge in [-0.25, -0.2) is 4.79 Å². The summed E-state index contributed by atoms with van der Waals surface area (Å²) in [6.45, 7) is 12.4. The third-order valence-corrected chi connectivity index (χ3v) is 8.79. The zero-order valence-corrected chi connectivity index (χ0v) is 26.1. The van der Waals surface area contributed by atoms with Crippen molar-refractivity contribution in [1.82, 2.24) is 20.1 Å². The lowest BCUT2D eigenvalue weighted by Gasteiger charge is -2.40. The molecule has 1 aromatic carbocycles. The minimum absolute atomic E-state index is 0.0145. The van der Waals surface area contributed by atoms with Crippen LogP contribution < -0.4 is 15.8 Å². The molecule has 43 heavy (non-hydrogen) atoms. The summed E-state index contributed by atoms with van der Waals surface area (Å²) in [6, 6.07) is 6.06. The number of carbonyl (C=O) groups is 2. The third kappa shape index (κ3) is 7.98. The summed E-state index contributed by atoms with van der Waals surface area (Å²) in [6.07, 6.45) is 2.41.